The summed E-state index contributed by atoms with van der Waals surface area (Å²) in [5.41, 5.74) is 0. The molecule has 2 fully saturated rings. The Morgan fingerprint density at radius 2 is 2.11 bits per heavy atom. The number of aromatic nitrogens is 3. The minimum atomic E-state index is 0.276. The number of hydrogen-bond donors (Lipinski definition) is 0. The molecule has 2 aliphatic carbocycles. The number of ketones is 1. The molecule has 0 N–H and O–H groups in total. The summed E-state index contributed by atoms with van der Waals surface area (Å²) in [5.74, 6) is 3.13. The van der Waals surface area contributed by atoms with Crippen molar-refractivity contribution in [1.82, 2.24) is 14.8 Å². The number of thioether (sulfide) groups is 1. The fourth-order valence-corrected chi connectivity index (χ4v) is 3.12. The maximum Gasteiger partial charge on any atom is 0.191 e. The molecule has 0 bridgehead atoms. The Balaban J connectivity index is 1.62. The van der Waals surface area contributed by atoms with Gasteiger partial charge in [0, 0.05) is 24.1 Å². The Hall–Kier alpha value is -0.840. The van der Waals surface area contributed by atoms with Gasteiger partial charge < -0.3 is 9.36 Å². The first-order valence-electron chi connectivity index (χ1n) is 6.82. The van der Waals surface area contributed by atoms with Gasteiger partial charge >= 0.3 is 0 Å². The summed E-state index contributed by atoms with van der Waals surface area (Å²) in [4.78, 5) is 10.9. The van der Waals surface area contributed by atoms with E-state index in [-0.39, 0.29) is 5.78 Å². The van der Waals surface area contributed by atoms with Crippen LogP contribution in [0.1, 0.15) is 63.2 Å². The van der Waals surface area contributed by atoms with Gasteiger partial charge in [-0.1, -0.05) is 11.8 Å². The first-order chi connectivity index (χ1) is 8.75. The third-order valence-corrected chi connectivity index (χ3v) is 4.48. The molecule has 0 unspecified atom stereocenters. The van der Waals surface area contributed by atoms with Crippen molar-refractivity contribution in [3.63, 3.8) is 0 Å². The highest BCUT2D eigenvalue weighted by molar-refractivity contribution is 7.99. The van der Waals surface area contributed by atoms with Gasteiger partial charge in [-0.3, -0.25) is 0 Å². The smallest absolute Gasteiger partial charge is 0.191 e. The maximum atomic E-state index is 10.9. The van der Waals surface area contributed by atoms with Crippen molar-refractivity contribution in [3.05, 3.63) is 5.82 Å². The van der Waals surface area contributed by atoms with Crippen LogP contribution in [-0.2, 0) is 4.79 Å². The first-order valence-corrected chi connectivity index (χ1v) is 7.81. The van der Waals surface area contributed by atoms with Gasteiger partial charge in [0.2, 0.25) is 0 Å². The number of Topliss-reactive ketones (excluding diaryl/α,β-unsaturated/α-hetero) is 1. The van der Waals surface area contributed by atoms with Crippen LogP contribution in [0.15, 0.2) is 5.16 Å². The summed E-state index contributed by atoms with van der Waals surface area (Å²) in [6.45, 7) is 1.66. The van der Waals surface area contributed by atoms with Crippen molar-refractivity contribution in [3.8, 4) is 0 Å². The first kappa shape index (κ1) is 12.2. The van der Waals surface area contributed by atoms with Crippen molar-refractivity contribution in [2.45, 2.75) is 62.6 Å². The lowest BCUT2D eigenvalue weighted by molar-refractivity contribution is -0.117. The number of carbonyl (C=O) groups is 1. The van der Waals surface area contributed by atoms with Crippen molar-refractivity contribution >= 4 is 17.5 Å². The second-order valence-corrected chi connectivity index (χ2v) is 6.43. The lowest BCUT2D eigenvalue weighted by Crippen LogP contribution is -2.02. The van der Waals surface area contributed by atoms with Crippen LogP contribution < -0.4 is 0 Å². The molecule has 98 valence electrons. The molecule has 4 nitrogen and oxygen atoms in total. The summed E-state index contributed by atoms with van der Waals surface area (Å²) < 4.78 is 2.37. The third-order valence-electron chi connectivity index (χ3n) is 3.45. The van der Waals surface area contributed by atoms with E-state index in [1.54, 1.807) is 18.7 Å². The van der Waals surface area contributed by atoms with Gasteiger partial charge in [-0.15, -0.1) is 10.2 Å². The Morgan fingerprint density at radius 3 is 2.72 bits per heavy atom. The van der Waals surface area contributed by atoms with E-state index in [0.29, 0.717) is 18.4 Å². The molecule has 1 aromatic rings. The SMILES string of the molecule is CC(=O)CCCSc1nnc(C2CC2)n1C1CC1. The fourth-order valence-electron chi connectivity index (χ4n) is 2.17. The number of carbonyl (C=O) groups excluding carboxylic acids is 1. The van der Waals surface area contributed by atoms with E-state index in [4.69, 9.17) is 0 Å². The molecule has 18 heavy (non-hydrogen) atoms. The molecular weight excluding hydrogens is 246 g/mol. The third kappa shape index (κ3) is 2.76. The number of hydrogen-bond acceptors (Lipinski definition) is 4. The number of rotatable bonds is 7. The quantitative estimate of drug-likeness (QED) is 0.562. The maximum absolute atomic E-state index is 10.9. The monoisotopic (exact) mass is 265 g/mol. The second-order valence-electron chi connectivity index (χ2n) is 5.37. The van der Waals surface area contributed by atoms with Gasteiger partial charge in [0.25, 0.3) is 0 Å². The molecule has 0 spiro atoms. The molecule has 1 heterocycles. The Morgan fingerprint density at radius 1 is 1.33 bits per heavy atom. The summed E-state index contributed by atoms with van der Waals surface area (Å²) in [7, 11) is 0. The second kappa shape index (κ2) is 5.03. The highest BCUT2D eigenvalue weighted by atomic mass is 32.2. The average Bonchev–Trinajstić information content (AvgIpc) is 3.23. The van der Waals surface area contributed by atoms with E-state index in [2.05, 4.69) is 14.8 Å². The lowest BCUT2D eigenvalue weighted by Gasteiger charge is -2.07. The molecule has 5 heteroatoms. The van der Waals surface area contributed by atoms with Crippen LogP contribution in [0, 0.1) is 0 Å². The van der Waals surface area contributed by atoms with E-state index in [0.717, 1.165) is 17.3 Å². The molecular formula is C13H19N3OS. The van der Waals surface area contributed by atoms with E-state index < -0.39 is 0 Å². The summed E-state index contributed by atoms with van der Waals surface area (Å²) in [6, 6.07) is 0.658. The van der Waals surface area contributed by atoms with E-state index >= 15 is 0 Å². The zero-order valence-corrected chi connectivity index (χ0v) is 11.6. The van der Waals surface area contributed by atoms with Crippen molar-refractivity contribution in [2.24, 2.45) is 0 Å². The fraction of sp³-hybridized carbons (Fsp3) is 0.769. The molecule has 0 radical (unpaired) electrons. The minimum Gasteiger partial charge on any atom is -0.303 e. The number of nitrogens with zero attached hydrogens (tertiary/aromatic N) is 3. The van der Waals surface area contributed by atoms with Crippen molar-refractivity contribution in [1.29, 1.82) is 0 Å². The van der Waals surface area contributed by atoms with E-state index in [9.17, 15) is 4.79 Å². The van der Waals surface area contributed by atoms with Gasteiger partial charge in [-0.05, 0) is 39.0 Å². The normalized spacial score (nSPS) is 19.2. The zero-order valence-electron chi connectivity index (χ0n) is 10.8. The molecule has 0 aromatic carbocycles. The van der Waals surface area contributed by atoms with E-state index in [1.807, 2.05) is 0 Å². The largest absolute Gasteiger partial charge is 0.303 e. The van der Waals surface area contributed by atoms with Gasteiger partial charge in [-0.25, -0.2) is 0 Å². The van der Waals surface area contributed by atoms with Gasteiger partial charge in [-0.2, -0.15) is 0 Å². The molecule has 3 rings (SSSR count). The summed E-state index contributed by atoms with van der Waals surface area (Å²) >= 11 is 1.76. The highest BCUT2D eigenvalue weighted by Gasteiger charge is 2.36. The van der Waals surface area contributed by atoms with Gasteiger partial charge in [0.15, 0.2) is 5.16 Å². The predicted octanol–water partition coefficient (Wildman–Crippen LogP) is 2.95. The minimum absolute atomic E-state index is 0.276. The molecule has 0 saturated heterocycles. The summed E-state index contributed by atoms with van der Waals surface area (Å²) in [6.07, 6.45) is 6.73. The van der Waals surface area contributed by atoms with Crippen LogP contribution in [0.4, 0.5) is 0 Å². The van der Waals surface area contributed by atoms with E-state index in [1.165, 1.54) is 31.5 Å². The van der Waals surface area contributed by atoms with Crippen LogP contribution in [0.3, 0.4) is 0 Å². The predicted molar refractivity (Wildman–Crippen MR) is 70.9 cm³/mol. The standard InChI is InChI=1S/C13H19N3OS/c1-9(17)3-2-8-18-13-15-14-12(10-4-5-10)16(13)11-6-7-11/h10-11H,2-8H2,1H3. The molecule has 2 saturated carbocycles. The van der Waals surface area contributed by atoms with Crippen LogP contribution in [0.5, 0.6) is 0 Å². The average molecular weight is 265 g/mol. The van der Waals surface area contributed by atoms with Crippen LogP contribution in [0.25, 0.3) is 0 Å². The molecule has 1 aromatic heterocycles. The highest BCUT2D eigenvalue weighted by Crippen LogP contribution is 2.45. The lowest BCUT2D eigenvalue weighted by atomic mass is 10.3. The van der Waals surface area contributed by atoms with Crippen LogP contribution in [-0.4, -0.2) is 26.3 Å². The summed E-state index contributed by atoms with van der Waals surface area (Å²) in [5, 5.41) is 9.80. The van der Waals surface area contributed by atoms with Gasteiger partial charge in [0.1, 0.15) is 11.6 Å². The molecule has 0 amide bonds. The Labute approximate surface area is 112 Å². The molecule has 0 atom stereocenters. The zero-order chi connectivity index (χ0) is 12.5. The van der Waals surface area contributed by atoms with Crippen LogP contribution in [0.2, 0.25) is 0 Å². The van der Waals surface area contributed by atoms with Gasteiger partial charge in [0.05, 0.1) is 0 Å². The Kier molecular flexibility index (Phi) is 3.41. The topological polar surface area (TPSA) is 47.8 Å². The van der Waals surface area contributed by atoms with Crippen LogP contribution >= 0.6 is 11.8 Å². The van der Waals surface area contributed by atoms with Crippen molar-refractivity contribution in [2.75, 3.05) is 5.75 Å². The Bertz CT molecular complexity index is 449. The van der Waals surface area contributed by atoms with Crippen molar-refractivity contribution < 1.29 is 4.79 Å². The molecule has 0 aliphatic heterocycles. The molecule has 2 aliphatic rings.